The highest BCUT2D eigenvalue weighted by molar-refractivity contribution is 5.93. The van der Waals surface area contributed by atoms with E-state index in [1.165, 1.54) is 12.8 Å². The first-order valence-electron chi connectivity index (χ1n) is 4.43. The lowest BCUT2D eigenvalue weighted by Gasteiger charge is -2.00. The summed E-state index contributed by atoms with van der Waals surface area (Å²) < 4.78 is 0. The van der Waals surface area contributed by atoms with Crippen molar-refractivity contribution >= 4 is 5.91 Å². The number of carbonyl (C=O) groups is 1. The Balaban J connectivity index is 1.92. The molecular weight excluding hydrogens is 168 g/mol. The minimum absolute atomic E-state index is 0.127. The first-order chi connectivity index (χ1) is 6.27. The molecule has 1 aliphatic carbocycles. The van der Waals surface area contributed by atoms with E-state index in [1.807, 2.05) is 0 Å². The molecule has 0 bridgehead atoms. The van der Waals surface area contributed by atoms with Crippen LogP contribution in [-0.2, 0) is 0 Å². The molecule has 1 amide bonds. The van der Waals surface area contributed by atoms with Crippen LogP contribution in [0.4, 0.5) is 0 Å². The Hall–Kier alpha value is -1.39. The predicted octanol–water partition coefficient (Wildman–Crippen LogP) is 0.253. The van der Waals surface area contributed by atoms with Crippen LogP contribution in [0.25, 0.3) is 0 Å². The fraction of sp³-hybridized carbons (Fsp3) is 0.625. The molecule has 0 saturated heterocycles. The van der Waals surface area contributed by atoms with Gasteiger partial charge in [-0.1, -0.05) is 0 Å². The molecule has 0 unspecified atom stereocenters. The van der Waals surface area contributed by atoms with Gasteiger partial charge in [0, 0.05) is 6.54 Å². The molecule has 2 N–H and O–H groups in total. The molecule has 0 aromatic carbocycles. The van der Waals surface area contributed by atoms with Gasteiger partial charge in [-0.15, -0.1) is 0 Å². The number of carbonyl (C=O) groups excluding carboxylic acids is 1. The zero-order valence-corrected chi connectivity index (χ0v) is 7.50. The summed E-state index contributed by atoms with van der Waals surface area (Å²) in [7, 11) is 0. The molecule has 0 radical (unpaired) electrons. The molecule has 1 aliphatic rings. The third kappa shape index (κ3) is 1.85. The molecular formula is C8H12N4O. The summed E-state index contributed by atoms with van der Waals surface area (Å²) in [6.07, 6.45) is 2.47. The number of rotatable bonds is 3. The molecule has 5 nitrogen and oxygen atoms in total. The maximum Gasteiger partial charge on any atom is 0.273 e. The molecule has 1 saturated carbocycles. The zero-order chi connectivity index (χ0) is 9.26. The topological polar surface area (TPSA) is 70.7 Å². The number of aromatic amines is 1. The zero-order valence-electron chi connectivity index (χ0n) is 7.50. The van der Waals surface area contributed by atoms with Gasteiger partial charge in [0.15, 0.2) is 5.69 Å². The normalized spacial score (nSPS) is 15.8. The summed E-state index contributed by atoms with van der Waals surface area (Å²) in [4.78, 5) is 11.4. The largest absolute Gasteiger partial charge is 0.350 e. The van der Waals surface area contributed by atoms with Gasteiger partial charge in [0.05, 0.1) is 5.69 Å². The molecule has 1 heterocycles. The van der Waals surface area contributed by atoms with E-state index in [9.17, 15) is 4.79 Å². The van der Waals surface area contributed by atoms with Crippen LogP contribution in [-0.4, -0.2) is 27.9 Å². The van der Waals surface area contributed by atoms with Crippen LogP contribution < -0.4 is 5.32 Å². The van der Waals surface area contributed by atoms with Crippen molar-refractivity contribution in [3.8, 4) is 0 Å². The van der Waals surface area contributed by atoms with E-state index in [2.05, 4.69) is 20.7 Å². The molecule has 0 aliphatic heterocycles. The minimum atomic E-state index is -0.127. The molecule has 2 rings (SSSR count). The third-order valence-corrected chi connectivity index (χ3v) is 2.19. The summed E-state index contributed by atoms with van der Waals surface area (Å²) >= 11 is 0. The second-order valence-corrected chi connectivity index (χ2v) is 3.41. The van der Waals surface area contributed by atoms with Crippen LogP contribution >= 0.6 is 0 Å². The number of H-pyrrole nitrogens is 1. The SMILES string of the molecule is Cc1n[nH]nc1C(=O)NCC1CC1. The van der Waals surface area contributed by atoms with Gasteiger partial charge >= 0.3 is 0 Å². The summed E-state index contributed by atoms with van der Waals surface area (Å²) in [5, 5.41) is 12.8. The Labute approximate surface area is 75.9 Å². The van der Waals surface area contributed by atoms with Crippen molar-refractivity contribution in [1.82, 2.24) is 20.7 Å². The Morgan fingerprint density at radius 3 is 2.92 bits per heavy atom. The van der Waals surface area contributed by atoms with Gasteiger partial charge in [0.1, 0.15) is 0 Å². The Kier molecular flexibility index (Phi) is 2.00. The lowest BCUT2D eigenvalue weighted by Crippen LogP contribution is -2.26. The summed E-state index contributed by atoms with van der Waals surface area (Å²) in [6, 6.07) is 0. The molecule has 5 heteroatoms. The fourth-order valence-corrected chi connectivity index (χ4v) is 1.14. The number of aromatic nitrogens is 3. The van der Waals surface area contributed by atoms with Crippen LogP contribution in [0.3, 0.4) is 0 Å². The highest BCUT2D eigenvalue weighted by atomic mass is 16.2. The van der Waals surface area contributed by atoms with E-state index < -0.39 is 0 Å². The second kappa shape index (κ2) is 3.16. The van der Waals surface area contributed by atoms with Crippen molar-refractivity contribution in [3.63, 3.8) is 0 Å². The van der Waals surface area contributed by atoms with Crippen molar-refractivity contribution < 1.29 is 4.79 Å². The van der Waals surface area contributed by atoms with E-state index in [0.29, 0.717) is 17.3 Å². The van der Waals surface area contributed by atoms with Crippen LogP contribution in [0, 0.1) is 12.8 Å². The van der Waals surface area contributed by atoms with Gasteiger partial charge in [0.25, 0.3) is 5.91 Å². The molecule has 13 heavy (non-hydrogen) atoms. The number of hydrogen-bond donors (Lipinski definition) is 2. The number of amides is 1. The van der Waals surface area contributed by atoms with Gasteiger partial charge in [-0.3, -0.25) is 4.79 Å². The average molecular weight is 180 g/mol. The monoisotopic (exact) mass is 180 g/mol. The van der Waals surface area contributed by atoms with Crippen LogP contribution in [0.15, 0.2) is 0 Å². The van der Waals surface area contributed by atoms with Gasteiger partial charge < -0.3 is 5.32 Å². The maximum atomic E-state index is 11.4. The van der Waals surface area contributed by atoms with E-state index in [-0.39, 0.29) is 5.91 Å². The van der Waals surface area contributed by atoms with Crippen molar-refractivity contribution in [2.45, 2.75) is 19.8 Å². The Bertz CT molecular complexity index is 316. The van der Waals surface area contributed by atoms with E-state index >= 15 is 0 Å². The quantitative estimate of drug-likeness (QED) is 0.700. The second-order valence-electron chi connectivity index (χ2n) is 3.41. The van der Waals surface area contributed by atoms with Crippen molar-refractivity contribution in [1.29, 1.82) is 0 Å². The summed E-state index contributed by atoms with van der Waals surface area (Å²) in [6.45, 7) is 2.53. The number of hydrogen-bond acceptors (Lipinski definition) is 3. The van der Waals surface area contributed by atoms with Crippen molar-refractivity contribution in [3.05, 3.63) is 11.4 Å². The van der Waals surface area contributed by atoms with E-state index in [4.69, 9.17) is 0 Å². The Morgan fingerprint density at radius 1 is 1.62 bits per heavy atom. The molecule has 1 aromatic heterocycles. The highest BCUT2D eigenvalue weighted by Crippen LogP contribution is 2.27. The predicted molar refractivity (Wildman–Crippen MR) is 46.2 cm³/mol. The molecule has 0 atom stereocenters. The number of nitrogens with one attached hydrogen (secondary N) is 2. The molecule has 1 aromatic rings. The summed E-state index contributed by atoms with van der Waals surface area (Å²) in [5.74, 6) is 0.564. The van der Waals surface area contributed by atoms with Gasteiger partial charge in [-0.2, -0.15) is 15.4 Å². The molecule has 0 spiro atoms. The van der Waals surface area contributed by atoms with Crippen LogP contribution in [0.1, 0.15) is 29.0 Å². The number of nitrogens with zero attached hydrogens (tertiary/aromatic N) is 2. The van der Waals surface area contributed by atoms with Gasteiger partial charge in [-0.05, 0) is 25.7 Å². The smallest absolute Gasteiger partial charge is 0.273 e. The first-order valence-corrected chi connectivity index (χ1v) is 4.43. The fourth-order valence-electron chi connectivity index (χ4n) is 1.14. The standard InChI is InChI=1S/C8H12N4O/c1-5-7(11-12-10-5)8(13)9-4-6-2-3-6/h6H,2-4H2,1H3,(H,9,13)(H,10,11,12). The van der Waals surface area contributed by atoms with Crippen LogP contribution in [0.5, 0.6) is 0 Å². The van der Waals surface area contributed by atoms with Crippen LogP contribution in [0.2, 0.25) is 0 Å². The average Bonchev–Trinajstić information content (AvgIpc) is 2.84. The molecule has 70 valence electrons. The Morgan fingerprint density at radius 2 is 2.38 bits per heavy atom. The van der Waals surface area contributed by atoms with Gasteiger partial charge in [-0.25, -0.2) is 0 Å². The summed E-state index contributed by atoms with van der Waals surface area (Å²) in [5.41, 5.74) is 1.05. The third-order valence-electron chi connectivity index (χ3n) is 2.19. The molecule has 1 fully saturated rings. The minimum Gasteiger partial charge on any atom is -0.350 e. The van der Waals surface area contributed by atoms with Crippen molar-refractivity contribution in [2.75, 3.05) is 6.54 Å². The van der Waals surface area contributed by atoms with E-state index in [0.717, 1.165) is 6.54 Å². The highest BCUT2D eigenvalue weighted by Gasteiger charge is 2.22. The van der Waals surface area contributed by atoms with Crippen molar-refractivity contribution in [2.24, 2.45) is 5.92 Å². The number of aryl methyl sites for hydroxylation is 1. The maximum absolute atomic E-state index is 11.4. The first kappa shape index (κ1) is 8.22. The van der Waals surface area contributed by atoms with E-state index in [1.54, 1.807) is 6.92 Å². The lowest BCUT2D eigenvalue weighted by atomic mass is 10.3. The van der Waals surface area contributed by atoms with Gasteiger partial charge in [0.2, 0.25) is 0 Å². The lowest BCUT2D eigenvalue weighted by molar-refractivity contribution is 0.0946.